The molecule has 4 nitrogen and oxygen atoms in total. The molecule has 0 aliphatic heterocycles. The normalized spacial score (nSPS) is 41.8. The quantitative estimate of drug-likeness (QED) is 0.316. The van der Waals surface area contributed by atoms with Crippen LogP contribution in [-0.4, -0.2) is 10.7 Å². The summed E-state index contributed by atoms with van der Waals surface area (Å²) in [7, 11) is 0. The molecule has 0 aromatic heterocycles. The molecule has 160 valence electrons. The van der Waals surface area contributed by atoms with Crippen LogP contribution in [0.3, 0.4) is 0 Å². The lowest BCUT2D eigenvalue weighted by Crippen LogP contribution is -2.52. The number of nitrogens with zero attached hydrogens (tertiary/aromatic N) is 1. The molecule has 0 radical (unpaired) electrons. The highest BCUT2D eigenvalue weighted by Crippen LogP contribution is 2.66. The first-order valence-electron chi connectivity index (χ1n) is 11.8. The topological polar surface area (TPSA) is 60.2 Å². The largest absolute Gasteiger partial charge is 0.294 e. The number of nitro groups is 1. The summed E-state index contributed by atoms with van der Waals surface area (Å²) in [5, 5.41) is 10.9. The molecule has 0 heterocycles. The Balaban J connectivity index is 1.43. The molecule has 0 bridgehead atoms. The molecule has 0 spiro atoms. The first-order valence-corrected chi connectivity index (χ1v) is 11.8. The highest BCUT2D eigenvalue weighted by Gasteiger charge is 2.60. The summed E-state index contributed by atoms with van der Waals surface area (Å²) in [6.45, 7) is 4.79. The van der Waals surface area contributed by atoms with Gasteiger partial charge in [0.05, 0.1) is 4.92 Å². The average molecular weight is 408 g/mol. The van der Waals surface area contributed by atoms with Crippen LogP contribution < -0.4 is 0 Å². The van der Waals surface area contributed by atoms with Crippen LogP contribution in [0.5, 0.6) is 0 Å². The molecule has 4 heteroatoms. The number of hydrogen-bond acceptors (Lipinski definition) is 3. The summed E-state index contributed by atoms with van der Waals surface area (Å²) in [5.74, 6) is 3.15. The van der Waals surface area contributed by atoms with E-state index in [2.05, 4.69) is 13.8 Å². The fourth-order valence-corrected chi connectivity index (χ4v) is 7.99. The smallest absolute Gasteiger partial charge is 0.269 e. The molecule has 4 aliphatic rings. The van der Waals surface area contributed by atoms with Crippen LogP contribution in [0, 0.1) is 44.6 Å². The number of Topliss-reactive ketones (excluding diaryl/α,β-unsaturated/α-hetero) is 1. The minimum atomic E-state index is -0.379. The molecule has 6 atom stereocenters. The van der Waals surface area contributed by atoms with E-state index in [-0.39, 0.29) is 16.0 Å². The molecular formula is C26H33NO3. The molecule has 4 aliphatic carbocycles. The van der Waals surface area contributed by atoms with Gasteiger partial charge in [-0.05, 0) is 103 Å². The SMILES string of the molecule is C[C@]12CCCC[C@@H]1CC[C@@H]1[C@@H]2CC[C@]2(C)C(=O)/C(=C\c3ccc([N+](=O)[O-])cc3)C[C@@H]12. The van der Waals surface area contributed by atoms with Crippen LogP contribution >= 0.6 is 0 Å². The van der Waals surface area contributed by atoms with E-state index in [1.165, 1.54) is 57.1 Å². The van der Waals surface area contributed by atoms with Crippen molar-refractivity contribution < 1.29 is 9.72 Å². The van der Waals surface area contributed by atoms with Gasteiger partial charge in [-0.1, -0.05) is 26.7 Å². The second-order valence-corrected chi connectivity index (χ2v) is 10.9. The van der Waals surface area contributed by atoms with Crippen molar-refractivity contribution in [3.63, 3.8) is 0 Å². The molecule has 30 heavy (non-hydrogen) atoms. The van der Waals surface area contributed by atoms with E-state index in [4.69, 9.17) is 0 Å². The Morgan fingerprint density at radius 2 is 1.77 bits per heavy atom. The number of fused-ring (bicyclic) bond motifs is 5. The summed E-state index contributed by atoms with van der Waals surface area (Å²) < 4.78 is 0. The second kappa shape index (κ2) is 7.03. The van der Waals surface area contributed by atoms with Crippen molar-refractivity contribution in [3.8, 4) is 0 Å². The Bertz CT molecular complexity index is 903. The van der Waals surface area contributed by atoms with Crippen LogP contribution in [-0.2, 0) is 4.79 Å². The van der Waals surface area contributed by atoms with Gasteiger partial charge >= 0.3 is 0 Å². The maximum atomic E-state index is 13.5. The highest BCUT2D eigenvalue weighted by atomic mass is 16.6. The zero-order chi connectivity index (χ0) is 21.1. The fraction of sp³-hybridized carbons (Fsp3) is 0.654. The molecule has 4 fully saturated rings. The molecule has 4 saturated carbocycles. The minimum absolute atomic E-state index is 0.0934. The van der Waals surface area contributed by atoms with Crippen molar-refractivity contribution in [2.24, 2.45) is 34.5 Å². The first-order chi connectivity index (χ1) is 14.3. The summed E-state index contributed by atoms with van der Waals surface area (Å²) in [6.07, 6.45) is 13.3. The predicted octanol–water partition coefficient (Wildman–Crippen LogP) is 6.59. The van der Waals surface area contributed by atoms with Gasteiger partial charge in [0, 0.05) is 17.5 Å². The van der Waals surface area contributed by atoms with Crippen molar-refractivity contribution in [1.82, 2.24) is 0 Å². The highest BCUT2D eigenvalue weighted by molar-refractivity contribution is 6.05. The number of nitro benzene ring substituents is 1. The Kier molecular flexibility index (Phi) is 4.68. The Morgan fingerprint density at radius 1 is 1.00 bits per heavy atom. The number of non-ortho nitro benzene ring substituents is 1. The molecule has 1 aromatic carbocycles. The second-order valence-electron chi connectivity index (χ2n) is 10.9. The molecule has 1 aromatic rings. The molecule has 0 unspecified atom stereocenters. The number of rotatable bonds is 2. The van der Waals surface area contributed by atoms with Crippen molar-refractivity contribution in [2.75, 3.05) is 0 Å². The summed E-state index contributed by atoms with van der Waals surface area (Å²) in [5.41, 5.74) is 2.19. The van der Waals surface area contributed by atoms with Gasteiger partial charge in [-0.25, -0.2) is 0 Å². The average Bonchev–Trinajstić information content (AvgIpc) is 2.98. The van der Waals surface area contributed by atoms with Crippen LogP contribution in [0.4, 0.5) is 5.69 Å². The zero-order valence-corrected chi connectivity index (χ0v) is 18.2. The Labute approximate surface area is 179 Å². The number of carbonyl (C=O) groups excluding carboxylic acids is 1. The third kappa shape index (κ3) is 2.90. The van der Waals surface area contributed by atoms with Crippen LogP contribution in [0.1, 0.15) is 77.2 Å². The number of carbonyl (C=O) groups is 1. The van der Waals surface area contributed by atoms with Gasteiger partial charge in [0.25, 0.3) is 5.69 Å². The van der Waals surface area contributed by atoms with Crippen molar-refractivity contribution in [3.05, 3.63) is 45.5 Å². The third-order valence-corrected chi connectivity index (χ3v) is 9.67. The van der Waals surface area contributed by atoms with E-state index in [1.807, 2.05) is 6.08 Å². The third-order valence-electron chi connectivity index (χ3n) is 9.67. The lowest BCUT2D eigenvalue weighted by atomic mass is 9.45. The van der Waals surface area contributed by atoms with Gasteiger partial charge in [0.15, 0.2) is 5.78 Å². The Hall–Kier alpha value is -1.97. The van der Waals surface area contributed by atoms with Gasteiger partial charge in [0.1, 0.15) is 0 Å². The summed E-state index contributed by atoms with van der Waals surface area (Å²) in [4.78, 5) is 24.0. The van der Waals surface area contributed by atoms with Crippen molar-refractivity contribution >= 4 is 17.5 Å². The van der Waals surface area contributed by atoms with Gasteiger partial charge in [-0.15, -0.1) is 0 Å². The van der Waals surface area contributed by atoms with Crippen LogP contribution in [0.2, 0.25) is 0 Å². The number of allylic oxidation sites excluding steroid dienone is 1. The maximum absolute atomic E-state index is 13.5. The van der Waals surface area contributed by atoms with E-state index >= 15 is 0 Å². The number of benzene rings is 1. The maximum Gasteiger partial charge on any atom is 0.269 e. The van der Waals surface area contributed by atoms with Crippen LogP contribution in [0.15, 0.2) is 29.8 Å². The van der Waals surface area contributed by atoms with E-state index in [9.17, 15) is 14.9 Å². The van der Waals surface area contributed by atoms with Gasteiger partial charge < -0.3 is 0 Å². The lowest BCUT2D eigenvalue weighted by Gasteiger charge is -2.59. The van der Waals surface area contributed by atoms with Gasteiger partial charge in [0.2, 0.25) is 0 Å². The monoisotopic (exact) mass is 407 g/mol. The molecule has 5 rings (SSSR count). The summed E-state index contributed by atoms with van der Waals surface area (Å²) >= 11 is 0. The Morgan fingerprint density at radius 3 is 2.50 bits per heavy atom. The fourth-order valence-electron chi connectivity index (χ4n) is 7.99. The zero-order valence-electron chi connectivity index (χ0n) is 18.2. The molecule has 0 N–H and O–H groups in total. The number of ketones is 1. The van der Waals surface area contributed by atoms with E-state index in [0.717, 1.165) is 35.8 Å². The van der Waals surface area contributed by atoms with E-state index in [1.54, 1.807) is 12.1 Å². The standard InChI is InChI=1S/C26H33NO3/c1-25-13-4-3-5-19(25)8-11-21-22(25)12-14-26(2)23(21)16-18(24(26)28)15-17-6-9-20(10-7-17)27(29)30/h6-7,9-10,15,19,21-23H,3-5,8,11-14,16H2,1-2H3/b18-15-/t19-,21-,22+,23+,25+,26+/m1/s1. The van der Waals surface area contributed by atoms with Gasteiger partial charge in [-0.2, -0.15) is 0 Å². The first kappa shape index (κ1) is 20.0. The van der Waals surface area contributed by atoms with Crippen molar-refractivity contribution in [1.29, 1.82) is 0 Å². The molecule has 0 saturated heterocycles. The molecular weight excluding hydrogens is 374 g/mol. The minimum Gasteiger partial charge on any atom is -0.294 e. The predicted molar refractivity (Wildman–Crippen MR) is 118 cm³/mol. The summed E-state index contributed by atoms with van der Waals surface area (Å²) in [6, 6.07) is 6.59. The van der Waals surface area contributed by atoms with E-state index in [0.29, 0.717) is 23.0 Å². The lowest BCUT2D eigenvalue weighted by molar-refractivity contribution is -0.384. The van der Waals surface area contributed by atoms with Crippen molar-refractivity contribution in [2.45, 2.75) is 71.6 Å². The van der Waals surface area contributed by atoms with Gasteiger partial charge in [-0.3, -0.25) is 14.9 Å². The number of hydrogen-bond donors (Lipinski definition) is 0. The molecule has 0 amide bonds. The van der Waals surface area contributed by atoms with Crippen LogP contribution in [0.25, 0.3) is 6.08 Å². The van der Waals surface area contributed by atoms with E-state index < -0.39 is 0 Å².